The lowest BCUT2D eigenvalue weighted by Crippen LogP contribution is -2.44. The van der Waals surface area contributed by atoms with Crippen LogP contribution < -0.4 is 5.73 Å². The van der Waals surface area contributed by atoms with E-state index in [0.29, 0.717) is 6.04 Å². The van der Waals surface area contributed by atoms with E-state index in [-0.39, 0.29) is 0 Å². The number of rotatable bonds is 11. The Morgan fingerprint density at radius 3 is 2.42 bits per heavy atom. The first-order valence-electron chi connectivity index (χ1n) is 8.29. The maximum Gasteiger partial charge on any atom is 0.0218 e. The van der Waals surface area contributed by atoms with Crippen molar-refractivity contribution in [3.05, 3.63) is 0 Å². The molecular formula is C16H34N2S. The average Bonchev–Trinajstić information content (AvgIpc) is 2.95. The summed E-state index contributed by atoms with van der Waals surface area (Å²) in [6.07, 6.45) is 12.4. The molecule has 1 heterocycles. The van der Waals surface area contributed by atoms with Gasteiger partial charge < -0.3 is 5.73 Å². The summed E-state index contributed by atoms with van der Waals surface area (Å²) in [5.41, 5.74) is 5.97. The Morgan fingerprint density at radius 1 is 1.16 bits per heavy atom. The third-order valence-corrected chi connectivity index (χ3v) is 5.62. The summed E-state index contributed by atoms with van der Waals surface area (Å²) in [5.74, 6) is 2.65. The molecule has 2 nitrogen and oxygen atoms in total. The van der Waals surface area contributed by atoms with Gasteiger partial charge in [0.1, 0.15) is 0 Å². The number of hydrogen-bond acceptors (Lipinski definition) is 3. The van der Waals surface area contributed by atoms with Gasteiger partial charge in [-0.15, -0.1) is 0 Å². The predicted molar refractivity (Wildman–Crippen MR) is 88.9 cm³/mol. The van der Waals surface area contributed by atoms with E-state index in [1.165, 1.54) is 69.3 Å². The van der Waals surface area contributed by atoms with Crippen molar-refractivity contribution in [2.24, 2.45) is 5.73 Å². The van der Waals surface area contributed by atoms with Crippen LogP contribution >= 0.6 is 11.8 Å². The Hall–Kier alpha value is 0.270. The van der Waals surface area contributed by atoms with Gasteiger partial charge in [0.25, 0.3) is 0 Å². The molecule has 3 heteroatoms. The van der Waals surface area contributed by atoms with Crippen LogP contribution in [0.25, 0.3) is 0 Å². The molecule has 0 aromatic rings. The van der Waals surface area contributed by atoms with Crippen LogP contribution in [0.2, 0.25) is 0 Å². The quantitative estimate of drug-likeness (QED) is 0.584. The minimum absolute atomic E-state index is 0.611. The third kappa shape index (κ3) is 7.01. The second kappa shape index (κ2) is 11.0. The topological polar surface area (TPSA) is 29.3 Å². The fourth-order valence-corrected chi connectivity index (χ4v) is 4.25. The van der Waals surface area contributed by atoms with Gasteiger partial charge in [-0.2, -0.15) is 11.8 Å². The molecule has 1 rings (SSSR count). The van der Waals surface area contributed by atoms with Crippen molar-refractivity contribution in [2.45, 2.75) is 76.8 Å². The van der Waals surface area contributed by atoms with E-state index >= 15 is 0 Å². The number of thioether (sulfide) groups is 1. The van der Waals surface area contributed by atoms with Gasteiger partial charge in [0.2, 0.25) is 0 Å². The van der Waals surface area contributed by atoms with E-state index in [0.717, 1.165) is 12.6 Å². The minimum Gasteiger partial charge on any atom is -0.329 e. The molecule has 1 aliphatic heterocycles. The van der Waals surface area contributed by atoms with Crippen LogP contribution in [0.15, 0.2) is 0 Å². The van der Waals surface area contributed by atoms with Crippen molar-refractivity contribution in [1.29, 1.82) is 0 Å². The average molecular weight is 287 g/mol. The van der Waals surface area contributed by atoms with Crippen LogP contribution in [0.3, 0.4) is 0 Å². The van der Waals surface area contributed by atoms with Crippen LogP contribution in [0, 0.1) is 0 Å². The van der Waals surface area contributed by atoms with Gasteiger partial charge >= 0.3 is 0 Å². The molecule has 1 aliphatic rings. The van der Waals surface area contributed by atoms with Gasteiger partial charge in [0.05, 0.1) is 0 Å². The van der Waals surface area contributed by atoms with Crippen LogP contribution in [-0.4, -0.2) is 42.1 Å². The predicted octanol–water partition coefficient (Wildman–Crippen LogP) is 3.89. The zero-order valence-corrected chi connectivity index (χ0v) is 13.9. The Morgan fingerprint density at radius 2 is 1.84 bits per heavy atom. The number of nitrogens with zero attached hydrogens (tertiary/aromatic N) is 1. The van der Waals surface area contributed by atoms with Crippen LogP contribution in [0.1, 0.15) is 64.7 Å². The highest BCUT2D eigenvalue weighted by Gasteiger charge is 2.24. The Kier molecular flexibility index (Phi) is 10.0. The van der Waals surface area contributed by atoms with Crippen LogP contribution in [0.4, 0.5) is 0 Å². The standard InChI is InChI=1S/C16H34N2S/c1-3-4-5-6-7-8-9-10-15(13-17)18(2)16-11-12-19-14-16/h15-16H,3-14,17H2,1-2H3. The summed E-state index contributed by atoms with van der Waals surface area (Å²) >= 11 is 2.10. The first-order valence-corrected chi connectivity index (χ1v) is 9.44. The molecule has 114 valence electrons. The molecule has 0 spiro atoms. The van der Waals surface area contributed by atoms with E-state index < -0.39 is 0 Å². The maximum atomic E-state index is 5.97. The highest BCUT2D eigenvalue weighted by Crippen LogP contribution is 2.24. The monoisotopic (exact) mass is 286 g/mol. The zero-order chi connectivity index (χ0) is 13.9. The van der Waals surface area contributed by atoms with Gasteiger partial charge in [-0.25, -0.2) is 0 Å². The molecule has 2 unspecified atom stereocenters. The minimum atomic E-state index is 0.611. The fourth-order valence-electron chi connectivity index (χ4n) is 2.97. The van der Waals surface area contributed by atoms with Crippen molar-refractivity contribution in [2.75, 3.05) is 25.1 Å². The summed E-state index contributed by atoms with van der Waals surface area (Å²) in [6, 6.07) is 1.39. The molecule has 19 heavy (non-hydrogen) atoms. The summed E-state index contributed by atoms with van der Waals surface area (Å²) in [6.45, 7) is 3.11. The molecule has 0 aromatic heterocycles. The molecule has 0 bridgehead atoms. The van der Waals surface area contributed by atoms with E-state index in [1.807, 2.05) is 0 Å². The van der Waals surface area contributed by atoms with Crippen molar-refractivity contribution >= 4 is 11.8 Å². The van der Waals surface area contributed by atoms with Crippen LogP contribution in [0.5, 0.6) is 0 Å². The molecule has 2 atom stereocenters. The Bertz CT molecular complexity index is 205. The molecule has 1 fully saturated rings. The highest BCUT2D eigenvalue weighted by molar-refractivity contribution is 7.99. The summed E-state index contributed by atoms with van der Waals surface area (Å²) in [5, 5.41) is 0. The second-order valence-electron chi connectivity index (χ2n) is 5.98. The van der Waals surface area contributed by atoms with Crippen molar-refractivity contribution in [3.8, 4) is 0 Å². The van der Waals surface area contributed by atoms with E-state index in [4.69, 9.17) is 5.73 Å². The van der Waals surface area contributed by atoms with E-state index in [1.54, 1.807) is 0 Å². The van der Waals surface area contributed by atoms with Crippen molar-refractivity contribution < 1.29 is 0 Å². The van der Waals surface area contributed by atoms with Crippen molar-refractivity contribution in [1.82, 2.24) is 4.90 Å². The molecule has 0 amide bonds. The largest absolute Gasteiger partial charge is 0.329 e. The SMILES string of the molecule is CCCCCCCCCC(CN)N(C)C1CCSC1. The van der Waals surface area contributed by atoms with Crippen molar-refractivity contribution in [3.63, 3.8) is 0 Å². The molecule has 2 N–H and O–H groups in total. The lowest BCUT2D eigenvalue weighted by Gasteiger charge is -2.32. The van der Waals surface area contributed by atoms with Gasteiger partial charge in [-0.1, -0.05) is 51.9 Å². The smallest absolute Gasteiger partial charge is 0.0218 e. The Balaban J connectivity index is 2.07. The number of unbranched alkanes of at least 4 members (excludes halogenated alkanes) is 6. The fraction of sp³-hybridized carbons (Fsp3) is 1.00. The van der Waals surface area contributed by atoms with E-state index in [2.05, 4.69) is 30.6 Å². The lowest BCUT2D eigenvalue weighted by atomic mass is 10.0. The molecule has 1 saturated heterocycles. The van der Waals surface area contributed by atoms with Gasteiger partial charge in [0, 0.05) is 24.4 Å². The molecule has 0 aliphatic carbocycles. The number of likely N-dealkylation sites (N-methyl/N-ethyl adjacent to an activating group) is 1. The summed E-state index contributed by atoms with van der Waals surface area (Å²) in [7, 11) is 2.29. The summed E-state index contributed by atoms with van der Waals surface area (Å²) in [4.78, 5) is 2.57. The van der Waals surface area contributed by atoms with Gasteiger partial charge in [-0.05, 0) is 25.6 Å². The van der Waals surface area contributed by atoms with E-state index in [9.17, 15) is 0 Å². The molecule has 0 saturated carbocycles. The molecule has 0 aromatic carbocycles. The van der Waals surface area contributed by atoms with Gasteiger partial charge in [0.15, 0.2) is 0 Å². The normalized spacial score (nSPS) is 21.2. The zero-order valence-electron chi connectivity index (χ0n) is 13.1. The first-order chi connectivity index (χ1) is 9.29. The molecule has 0 radical (unpaired) electrons. The second-order valence-corrected chi connectivity index (χ2v) is 7.13. The van der Waals surface area contributed by atoms with Crippen LogP contribution in [-0.2, 0) is 0 Å². The van der Waals surface area contributed by atoms with Gasteiger partial charge in [-0.3, -0.25) is 4.90 Å². The highest BCUT2D eigenvalue weighted by atomic mass is 32.2. The first kappa shape index (κ1) is 17.3. The third-order valence-electron chi connectivity index (χ3n) is 4.47. The molecular weight excluding hydrogens is 252 g/mol. The Labute approximate surface area is 124 Å². The summed E-state index contributed by atoms with van der Waals surface area (Å²) < 4.78 is 0. The lowest BCUT2D eigenvalue weighted by molar-refractivity contribution is 0.179. The maximum absolute atomic E-state index is 5.97. The number of nitrogens with two attached hydrogens (primary N) is 1. The number of hydrogen-bond donors (Lipinski definition) is 1.